The van der Waals surface area contributed by atoms with Crippen LogP contribution in [0.1, 0.15) is 0 Å². The standard InChI is InChI=1S/C48H28N4OS/c1-4-14-29(15-5-1)33-25-26-36(35-21-11-10-20-34(33)35)46-50-45(30-16-6-2-7-17-30)51-47(52-46)38-28-32-24-27-39-43(53-48(49-39)31-18-8-3-9-19-31)41(32)42-37-22-12-13-23-40(37)54-44(38)42/h1-28H. The first-order valence-corrected chi connectivity index (χ1v) is 18.7. The van der Waals surface area contributed by atoms with Gasteiger partial charge in [-0.05, 0) is 63.7 Å². The molecule has 3 aromatic heterocycles. The van der Waals surface area contributed by atoms with E-state index in [2.05, 4.69) is 109 Å². The van der Waals surface area contributed by atoms with Gasteiger partial charge in [0, 0.05) is 47.8 Å². The van der Waals surface area contributed by atoms with Crippen molar-refractivity contribution in [2.75, 3.05) is 0 Å². The van der Waals surface area contributed by atoms with Crippen LogP contribution < -0.4 is 0 Å². The van der Waals surface area contributed by atoms with Gasteiger partial charge in [-0.3, -0.25) is 0 Å². The van der Waals surface area contributed by atoms with E-state index in [1.807, 2.05) is 60.7 Å². The molecule has 0 aliphatic heterocycles. The summed E-state index contributed by atoms with van der Waals surface area (Å²) in [5.41, 5.74) is 7.72. The van der Waals surface area contributed by atoms with Crippen molar-refractivity contribution in [3.8, 4) is 56.7 Å². The number of hydrogen-bond acceptors (Lipinski definition) is 6. The Labute approximate surface area is 313 Å². The molecule has 0 N–H and O–H groups in total. The number of fused-ring (bicyclic) bond motifs is 8. The molecule has 11 aromatic rings. The Morgan fingerprint density at radius 1 is 0.407 bits per heavy atom. The van der Waals surface area contributed by atoms with Crippen LogP contribution in [0, 0.1) is 0 Å². The van der Waals surface area contributed by atoms with Crippen molar-refractivity contribution >= 4 is 64.2 Å². The van der Waals surface area contributed by atoms with Gasteiger partial charge in [0.15, 0.2) is 23.1 Å². The van der Waals surface area contributed by atoms with E-state index >= 15 is 0 Å². The highest BCUT2D eigenvalue weighted by molar-refractivity contribution is 7.26. The summed E-state index contributed by atoms with van der Waals surface area (Å²) in [6.07, 6.45) is 0. The molecule has 54 heavy (non-hydrogen) atoms. The van der Waals surface area contributed by atoms with Crippen LogP contribution >= 0.6 is 11.3 Å². The largest absolute Gasteiger partial charge is 0.435 e. The second-order valence-corrected chi connectivity index (χ2v) is 14.4. The smallest absolute Gasteiger partial charge is 0.227 e. The Balaban J connectivity index is 1.20. The predicted octanol–water partition coefficient (Wildman–Crippen LogP) is 13.0. The van der Waals surface area contributed by atoms with E-state index in [1.165, 1.54) is 15.8 Å². The zero-order valence-corrected chi connectivity index (χ0v) is 29.6. The van der Waals surface area contributed by atoms with Crippen LogP contribution in [0.15, 0.2) is 174 Å². The van der Waals surface area contributed by atoms with Crippen molar-refractivity contribution in [3.05, 3.63) is 170 Å². The van der Waals surface area contributed by atoms with Gasteiger partial charge in [0.05, 0.1) is 0 Å². The maximum atomic E-state index is 6.63. The molecule has 0 fully saturated rings. The molecule has 0 spiro atoms. The summed E-state index contributed by atoms with van der Waals surface area (Å²) in [7, 11) is 0. The van der Waals surface area contributed by atoms with Gasteiger partial charge in [-0.1, -0.05) is 133 Å². The third kappa shape index (κ3) is 4.92. The average Bonchev–Trinajstić information content (AvgIpc) is 3.86. The van der Waals surface area contributed by atoms with Crippen LogP contribution in [0.5, 0.6) is 0 Å². The van der Waals surface area contributed by atoms with Crippen molar-refractivity contribution in [1.29, 1.82) is 0 Å². The highest BCUT2D eigenvalue weighted by Gasteiger charge is 2.23. The van der Waals surface area contributed by atoms with Gasteiger partial charge in [0.1, 0.15) is 5.52 Å². The van der Waals surface area contributed by atoms with Crippen LogP contribution in [-0.4, -0.2) is 19.9 Å². The molecule has 0 atom stereocenters. The SMILES string of the molecule is c1ccc(-c2nc(-c3ccc(-c4ccccc4)c4ccccc34)nc(-c3cc4ccc5nc(-c6ccccc6)oc5c4c4c3sc3ccccc34)n2)cc1. The lowest BCUT2D eigenvalue weighted by molar-refractivity contribution is 0.623. The number of aromatic nitrogens is 4. The van der Waals surface area contributed by atoms with Crippen LogP contribution in [-0.2, 0) is 0 Å². The molecular weight excluding hydrogens is 681 g/mol. The Kier molecular flexibility index (Phi) is 6.97. The monoisotopic (exact) mass is 708 g/mol. The Morgan fingerprint density at radius 2 is 0.981 bits per heavy atom. The molecule has 0 amide bonds. The molecule has 5 nitrogen and oxygen atoms in total. The van der Waals surface area contributed by atoms with Crippen molar-refractivity contribution in [2.24, 2.45) is 0 Å². The van der Waals surface area contributed by atoms with Gasteiger partial charge in [0.25, 0.3) is 0 Å². The molecule has 0 bridgehead atoms. The van der Waals surface area contributed by atoms with Crippen molar-refractivity contribution in [3.63, 3.8) is 0 Å². The lowest BCUT2D eigenvalue weighted by Gasteiger charge is -2.14. The van der Waals surface area contributed by atoms with E-state index in [4.69, 9.17) is 24.4 Å². The van der Waals surface area contributed by atoms with Crippen LogP contribution in [0.2, 0.25) is 0 Å². The lowest BCUT2D eigenvalue weighted by Crippen LogP contribution is -2.01. The summed E-state index contributed by atoms with van der Waals surface area (Å²) in [5.74, 6) is 2.48. The number of nitrogens with zero attached hydrogens (tertiary/aromatic N) is 4. The summed E-state index contributed by atoms with van der Waals surface area (Å²) in [5, 5.41) is 6.58. The number of oxazole rings is 1. The highest BCUT2D eigenvalue weighted by Crippen LogP contribution is 2.46. The fourth-order valence-electron chi connectivity index (χ4n) is 7.66. The quantitative estimate of drug-likeness (QED) is 0.178. The van der Waals surface area contributed by atoms with Gasteiger partial charge in [-0.2, -0.15) is 0 Å². The number of benzene rings is 8. The van der Waals surface area contributed by atoms with Gasteiger partial charge in [-0.25, -0.2) is 19.9 Å². The van der Waals surface area contributed by atoms with E-state index in [0.29, 0.717) is 23.4 Å². The van der Waals surface area contributed by atoms with E-state index < -0.39 is 0 Å². The summed E-state index contributed by atoms with van der Waals surface area (Å²) in [4.78, 5) is 20.7. The third-order valence-corrected chi connectivity index (χ3v) is 11.4. The number of thiophene rings is 1. The highest BCUT2D eigenvalue weighted by atomic mass is 32.1. The molecule has 8 aromatic carbocycles. The minimum Gasteiger partial charge on any atom is -0.435 e. The minimum atomic E-state index is 0.606. The fraction of sp³-hybridized carbons (Fsp3) is 0. The van der Waals surface area contributed by atoms with Crippen molar-refractivity contribution in [2.45, 2.75) is 0 Å². The predicted molar refractivity (Wildman–Crippen MR) is 222 cm³/mol. The molecule has 0 aliphatic rings. The number of hydrogen-bond donors (Lipinski definition) is 0. The minimum absolute atomic E-state index is 0.606. The van der Waals surface area contributed by atoms with Crippen LogP contribution in [0.25, 0.3) is 110 Å². The lowest BCUT2D eigenvalue weighted by atomic mass is 9.94. The fourth-order valence-corrected chi connectivity index (χ4v) is 8.88. The normalized spacial score (nSPS) is 11.7. The molecule has 0 saturated heterocycles. The van der Waals surface area contributed by atoms with E-state index in [-0.39, 0.29) is 0 Å². The number of rotatable bonds is 5. The second-order valence-electron chi connectivity index (χ2n) is 13.4. The first-order chi connectivity index (χ1) is 26.8. The molecular formula is C48H28N4OS. The molecule has 3 heterocycles. The average molecular weight is 709 g/mol. The van der Waals surface area contributed by atoms with E-state index in [9.17, 15) is 0 Å². The van der Waals surface area contributed by atoms with Crippen LogP contribution in [0.3, 0.4) is 0 Å². The van der Waals surface area contributed by atoms with Gasteiger partial charge in [0.2, 0.25) is 5.89 Å². The molecule has 0 radical (unpaired) electrons. The maximum absolute atomic E-state index is 6.63. The van der Waals surface area contributed by atoms with Crippen LogP contribution in [0.4, 0.5) is 0 Å². The molecule has 11 rings (SSSR count). The topological polar surface area (TPSA) is 64.7 Å². The Hall–Kier alpha value is -7.02. The van der Waals surface area contributed by atoms with Crippen molar-refractivity contribution in [1.82, 2.24) is 19.9 Å². The third-order valence-electron chi connectivity index (χ3n) is 10.2. The van der Waals surface area contributed by atoms with E-state index in [0.717, 1.165) is 70.4 Å². The second kappa shape index (κ2) is 12.3. The maximum Gasteiger partial charge on any atom is 0.227 e. The summed E-state index contributed by atoms with van der Waals surface area (Å²) in [6.45, 7) is 0. The summed E-state index contributed by atoms with van der Waals surface area (Å²) in [6, 6.07) is 58.6. The zero-order chi connectivity index (χ0) is 35.6. The van der Waals surface area contributed by atoms with Gasteiger partial charge >= 0.3 is 0 Å². The molecule has 252 valence electrons. The van der Waals surface area contributed by atoms with Gasteiger partial charge in [-0.15, -0.1) is 11.3 Å². The Morgan fingerprint density at radius 3 is 1.72 bits per heavy atom. The van der Waals surface area contributed by atoms with E-state index in [1.54, 1.807) is 11.3 Å². The first kappa shape index (κ1) is 30.6. The molecule has 0 saturated carbocycles. The summed E-state index contributed by atoms with van der Waals surface area (Å²) < 4.78 is 8.90. The van der Waals surface area contributed by atoms with Crippen molar-refractivity contribution < 1.29 is 4.42 Å². The zero-order valence-electron chi connectivity index (χ0n) is 28.8. The van der Waals surface area contributed by atoms with Gasteiger partial charge < -0.3 is 4.42 Å². The molecule has 6 heteroatoms. The molecule has 0 aliphatic carbocycles. The summed E-state index contributed by atoms with van der Waals surface area (Å²) >= 11 is 1.75. The molecule has 0 unspecified atom stereocenters. The Bertz CT molecular complexity index is 3210. The first-order valence-electron chi connectivity index (χ1n) is 17.9.